The van der Waals surface area contributed by atoms with Crippen LogP contribution in [0.15, 0.2) is 22.8 Å². The van der Waals surface area contributed by atoms with Crippen molar-refractivity contribution in [1.82, 2.24) is 5.43 Å². The molecule has 0 amide bonds. The fourth-order valence-corrected chi connectivity index (χ4v) is 2.15. The first-order valence-corrected chi connectivity index (χ1v) is 5.41. The fraction of sp³-hybridized carbons (Fsp3) is 0.636. The highest BCUT2D eigenvalue weighted by Crippen LogP contribution is 2.24. The van der Waals surface area contributed by atoms with E-state index in [4.69, 9.17) is 15.0 Å². The largest absolute Gasteiger partial charge is 0.469 e. The van der Waals surface area contributed by atoms with E-state index in [2.05, 4.69) is 12.3 Å². The second-order valence-corrected chi connectivity index (χ2v) is 4.16. The lowest BCUT2D eigenvalue weighted by Gasteiger charge is -2.24. The zero-order valence-electron chi connectivity index (χ0n) is 8.98. The van der Waals surface area contributed by atoms with Crippen LogP contribution < -0.4 is 11.3 Å². The first-order chi connectivity index (χ1) is 7.31. The molecule has 1 saturated heterocycles. The number of hydrazine groups is 1. The summed E-state index contributed by atoms with van der Waals surface area (Å²) in [5, 5.41) is 0. The summed E-state index contributed by atoms with van der Waals surface area (Å²) in [6.07, 6.45) is 3.77. The molecule has 1 fully saturated rings. The summed E-state index contributed by atoms with van der Waals surface area (Å²) >= 11 is 0. The second-order valence-electron chi connectivity index (χ2n) is 4.16. The highest BCUT2D eigenvalue weighted by atomic mass is 16.5. The van der Waals surface area contributed by atoms with Gasteiger partial charge in [0.1, 0.15) is 5.76 Å². The Balaban J connectivity index is 1.97. The lowest BCUT2D eigenvalue weighted by Crippen LogP contribution is -2.47. The van der Waals surface area contributed by atoms with Crippen molar-refractivity contribution in [2.24, 2.45) is 11.8 Å². The van der Waals surface area contributed by atoms with Crippen molar-refractivity contribution >= 4 is 0 Å². The second kappa shape index (κ2) is 4.79. The van der Waals surface area contributed by atoms with E-state index >= 15 is 0 Å². The molecular weight excluding hydrogens is 192 g/mol. The molecule has 3 atom stereocenters. The summed E-state index contributed by atoms with van der Waals surface area (Å²) in [7, 11) is 0. The Kier molecular flexibility index (Phi) is 3.41. The van der Waals surface area contributed by atoms with Gasteiger partial charge in [0.05, 0.1) is 18.4 Å². The van der Waals surface area contributed by atoms with Crippen molar-refractivity contribution in [3.63, 3.8) is 0 Å². The van der Waals surface area contributed by atoms with Crippen LogP contribution >= 0.6 is 0 Å². The van der Waals surface area contributed by atoms with Gasteiger partial charge in [0.15, 0.2) is 0 Å². The molecule has 0 aliphatic carbocycles. The molecule has 3 N–H and O–H groups in total. The van der Waals surface area contributed by atoms with Crippen LogP contribution in [0.3, 0.4) is 0 Å². The minimum absolute atomic E-state index is 0.133. The van der Waals surface area contributed by atoms with Gasteiger partial charge in [-0.25, -0.2) is 0 Å². The van der Waals surface area contributed by atoms with Gasteiger partial charge >= 0.3 is 0 Å². The topological polar surface area (TPSA) is 60.4 Å². The van der Waals surface area contributed by atoms with Crippen molar-refractivity contribution < 1.29 is 9.15 Å². The van der Waals surface area contributed by atoms with Gasteiger partial charge in [-0.3, -0.25) is 11.3 Å². The molecule has 0 saturated carbocycles. The molecule has 0 spiro atoms. The Hall–Kier alpha value is -0.840. The third kappa shape index (κ3) is 2.40. The molecule has 1 aliphatic heterocycles. The summed E-state index contributed by atoms with van der Waals surface area (Å²) in [6.45, 7) is 3.03. The molecular formula is C11H18N2O2. The third-order valence-electron chi connectivity index (χ3n) is 3.06. The SMILES string of the molecule is CC1CCOC1C(Cc1ccco1)NN. The molecule has 0 aromatic carbocycles. The maximum Gasteiger partial charge on any atom is 0.105 e. The van der Waals surface area contributed by atoms with Gasteiger partial charge in [0.2, 0.25) is 0 Å². The van der Waals surface area contributed by atoms with Gasteiger partial charge in [0, 0.05) is 13.0 Å². The summed E-state index contributed by atoms with van der Waals surface area (Å²) in [5.41, 5.74) is 2.83. The van der Waals surface area contributed by atoms with Crippen molar-refractivity contribution in [3.05, 3.63) is 24.2 Å². The molecule has 15 heavy (non-hydrogen) atoms. The molecule has 0 radical (unpaired) electrons. The summed E-state index contributed by atoms with van der Waals surface area (Å²) in [4.78, 5) is 0. The molecule has 2 rings (SSSR count). The average Bonchev–Trinajstić information content (AvgIpc) is 2.85. The van der Waals surface area contributed by atoms with Crippen molar-refractivity contribution in [3.8, 4) is 0 Å². The summed E-state index contributed by atoms with van der Waals surface area (Å²) in [6, 6.07) is 3.99. The smallest absolute Gasteiger partial charge is 0.105 e. The number of ether oxygens (including phenoxy) is 1. The van der Waals surface area contributed by atoms with Gasteiger partial charge in [-0.15, -0.1) is 0 Å². The van der Waals surface area contributed by atoms with E-state index in [-0.39, 0.29) is 12.1 Å². The lowest BCUT2D eigenvalue weighted by molar-refractivity contribution is 0.0594. The first-order valence-electron chi connectivity index (χ1n) is 5.41. The number of hydrogen-bond donors (Lipinski definition) is 2. The average molecular weight is 210 g/mol. The van der Waals surface area contributed by atoms with Crippen LogP contribution in [0.25, 0.3) is 0 Å². The number of nitrogens with two attached hydrogens (primary N) is 1. The van der Waals surface area contributed by atoms with Crippen molar-refractivity contribution in [2.75, 3.05) is 6.61 Å². The maximum absolute atomic E-state index is 5.68. The van der Waals surface area contributed by atoms with Crippen LogP contribution in [0.1, 0.15) is 19.1 Å². The van der Waals surface area contributed by atoms with Crippen molar-refractivity contribution in [2.45, 2.75) is 31.9 Å². The molecule has 1 aliphatic rings. The first kappa shape index (κ1) is 10.7. The Morgan fingerprint density at radius 2 is 2.53 bits per heavy atom. The van der Waals surface area contributed by atoms with Crippen LogP contribution in [0.2, 0.25) is 0 Å². The van der Waals surface area contributed by atoms with Gasteiger partial charge in [-0.2, -0.15) is 0 Å². The van der Waals surface area contributed by atoms with Crippen LogP contribution in [-0.2, 0) is 11.2 Å². The van der Waals surface area contributed by atoms with Gasteiger partial charge in [-0.05, 0) is 24.5 Å². The lowest BCUT2D eigenvalue weighted by atomic mass is 9.95. The normalized spacial score (nSPS) is 28.1. The fourth-order valence-electron chi connectivity index (χ4n) is 2.15. The van der Waals surface area contributed by atoms with E-state index in [0.717, 1.165) is 25.2 Å². The Labute approximate surface area is 89.7 Å². The van der Waals surface area contributed by atoms with Crippen LogP contribution in [0.4, 0.5) is 0 Å². The third-order valence-corrected chi connectivity index (χ3v) is 3.06. The standard InChI is InChI=1S/C11H18N2O2/c1-8-4-6-15-11(8)10(13-12)7-9-3-2-5-14-9/h2-3,5,8,10-11,13H,4,6-7,12H2,1H3. The number of nitrogens with one attached hydrogen (secondary N) is 1. The van der Waals surface area contributed by atoms with E-state index in [1.807, 2.05) is 12.1 Å². The molecule has 3 unspecified atom stereocenters. The molecule has 2 heterocycles. The van der Waals surface area contributed by atoms with Crippen LogP contribution in [0.5, 0.6) is 0 Å². The van der Waals surface area contributed by atoms with Gasteiger partial charge in [-0.1, -0.05) is 6.92 Å². The minimum atomic E-state index is 0.133. The van der Waals surface area contributed by atoms with E-state index in [1.165, 1.54) is 0 Å². The predicted molar refractivity (Wildman–Crippen MR) is 57.0 cm³/mol. The van der Waals surface area contributed by atoms with E-state index in [1.54, 1.807) is 6.26 Å². The molecule has 1 aromatic heterocycles. The number of hydrogen-bond acceptors (Lipinski definition) is 4. The predicted octanol–water partition coefficient (Wildman–Crippen LogP) is 1.08. The molecule has 84 valence electrons. The highest BCUT2D eigenvalue weighted by molar-refractivity contribution is 5.02. The minimum Gasteiger partial charge on any atom is -0.469 e. The zero-order chi connectivity index (χ0) is 10.7. The monoisotopic (exact) mass is 210 g/mol. The number of rotatable bonds is 4. The summed E-state index contributed by atoms with van der Waals surface area (Å²) in [5.74, 6) is 7.06. The molecule has 1 aromatic rings. The molecule has 0 bridgehead atoms. The van der Waals surface area contributed by atoms with E-state index in [9.17, 15) is 0 Å². The Morgan fingerprint density at radius 3 is 3.07 bits per heavy atom. The zero-order valence-corrected chi connectivity index (χ0v) is 8.98. The number of furan rings is 1. The van der Waals surface area contributed by atoms with Gasteiger partial charge in [0.25, 0.3) is 0 Å². The van der Waals surface area contributed by atoms with E-state index < -0.39 is 0 Å². The summed E-state index contributed by atoms with van der Waals surface area (Å²) < 4.78 is 11.0. The van der Waals surface area contributed by atoms with Crippen LogP contribution in [-0.4, -0.2) is 18.8 Å². The van der Waals surface area contributed by atoms with Crippen molar-refractivity contribution in [1.29, 1.82) is 0 Å². The Bertz CT molecular complexity index is 287. The highest BCUT2D eigenvalue weighted by Gasteiger charge is 2.31. The maximum atomic E-state index is 5.68. The van der Waals surface area contributed by atoms with Gasteiger partial charge < -0.3 is 9.15 Å². The van der Waals surface area contributed by atoms with Crippen LogP contribution in [0, 0.1) is 5.92 Å². The Morgan fingerprint density at radius 1 is 1.67 bits per heavy atom. The molecule has 4 nitrogen and oxygen atoms in total. The molecule has 4 heteroatoms. The van der Waals surface area contributed by atoms with E-state index in [0.29, 0.717) is 5.92 Å². The quantitative estimate of drug-likeness (QED) is 0.576.